The van der Waals surface area contributed by atoms with Gasteiger partial charge < -0.3 is 10.6 Å². The van der Waals surface area contributed by atoms with Gasteiger partial charge in [0.25, 0.3) is 5.91 Å². The SMILES string of the molecule is CNC(=O)c1ccnc2c(CCNc3cc(-c4ccc(C#N)nc4)ncn3)ccc(F)c12. The van der Waals surface area contributed by atoms with Crippen LogP contribution in [-0.4, -0.2) is 39.4 Å². The molecule has 3 heterocycles. The molecule has 0 aliphatic rings. The van der Waals surface area contributed by atoms with Gasteiger partial charge in [-0.05, 0) is 36.2 Å². The molecule has 4 aromatic rings. The molecule has 0 aliphatic carbocycles. The molecular formula is C23H18FN7O. The van der Waals surface area contributed by atoms with Gasteiger partial charge in [-0.15, -0.1) is 0 Å². The zero-order valence-electron chi connectivity index (χ0n) is 17.1. The van der Waals surface area contributed by atoms with E-state index in [0.717, 1.165) is 11.1 Å². The van der Waals surface area contributed by atoms with Crippen molar-refractivity contribution in [3.05, 3.63) is 77.8 Å². The fraction of sp³-hybridized carbons (Fsp3) is 0.130. The number of fused-ring (bicyclic) bond motifs is 1. The summed E-state index contributed by atoms with van der Waals surface area (Å²) in [6.45, 7) is 0.509. The number of amides is 1. The van der Waals surface area contributed by atoms with Gasteiger partial charge in [0.1, 0.15) is 29.7 Å². The number of pyridine rings is 2. The monoisotopic (exact) mass is 427 g/mol. The summed E-state index contributed by atoms with van der Waals surface area (Å²) in [5, 5.41) is 14.8. The van der Waals surface area contributed by atoms with Crippen LogP contribution >= 0.6 is 0 Å². The highest BCUT2D eigenvalue weighted by atomic mass is 19.1. The number of rotatable bonds is 6. The molecule has 8 nitrogen and oxygen atoms in total. The average Bonchev–Trinajstić information content (AvgIpc) is 2.85. The lowest BCUT2D eigenvalue weighted by Gasteiger charge is -2.11. The maximum Gasteiger partial charge on any atom is 0.251 e. The first kappa shape index (κ1) is 20.8. The minimum atomic E-state index is -0.486. The number of benzene rings is 1. The maximum atomic E-state index is 14.5. The quantitative estimate of drug-likeness (QED) is 0.486. The number of aromatic nitrogens is 4. The van der Waals surface area contributed by atoms with Gasteiger partial charge in [0.15, 0.2) is 0 Å². The Labute approximate surface area is 183 Å². The Morgan fingerprint density at radius 1 is 1.12 bits per heavy atom. The van der Waals surface area contributed by atoms with Gasteiger partial charge in [0.2, 0.25) is 0 Å². The number of hydrogen-bond donors (Lipinski definition) is 2. The lowest BCUT2D eigenvalue weighted by Crippen LogP contribution is -2.18. The Morgan fingerprint density at radius 2 is 2.00 bits per heavy atom. The first-order valence-electron chi connectivity index (χ1n) is 9.81. The molecule has 1 aromatic carbocycles. The zero-order valence-corrected chi connectivity index (χ0v) is 17.1. The van der Waals surface area contributed by atoms with E-state index >= 15 is 0 Å². The summed E-state index contributed by atoms with van der Waals surface area (Å²) in [5.74, 6) is -0.234. The molecule has 3 aromatic heterocycles. The van der Waals surface area contributed by atoms with E-state index in [-0.39, 0.29) is 16.9 Å². The molecule has 2 N–H and O–H groups in total. The number of carbonyl (C=O) groups excluding carboxylic acids is 1. The fourth-order valence-corrected chi connectivity index (χ4v) is 3.36. The second-order valence-corrected chi connectivity index (χ2v) is 6.88. The average molecular weight is 427 g/mol. The third-order valence-electron chi connectivity index (χ3n) is 4.94. The van der Waals surface area contributed by atoms with Crippen molar-refractivity contribution in [1.82, 2.24) is 25.3 Å². The summed E-state index contributed by atoms with van der Waals surface area (Å²) >= 11 is 0. The van der Waals surface area contributed by atoms with E-state index in [2.05, 4.69) is 30.6 Å². The number of nitriles is 1. The second kappa shape index (κ2) is 9.14. The van der Waals surface area contributed by atoms with Crippen molar-refractivity contribution in [2.75, 3.05) is 18.9 Å². The van der Waals surface area contributed by atoms with Gasteiger partial charge in [-0.1, -0.05) is 6.07 Å². The number of nitrogens with zero attached hydrogens (tertiary/aromatic N) is 5. The topological polar surface area (TPSA) is 116 Å². The van der Waals surface area contributed by atoms with Crippen molar-refractivity contribution < 1.29 is 9.18 Å². The summed E-state index contributed by atoms with van der Waals surface area (Å²) in [7, 11) is 1.50. The Balaban J connectivity index is 1.52. The van der Waals surface area contributed by atoms with Gasteiger partial charge in [-0.25, -0.2) is 19.3 Å². The molecule has 4 rings (SSSR count). The molecule has 0 atom stereocenters. The van der Waals surface area contributed by atoms with Gasteiger partial charge >= 0.3 is 0 Å². The highest BCUT2D eigenvalue weighted by molar-refractivity contribution is 6.06. The van der Waals surface area contributed by atoms with Crippen LogP contribution in [0, 0.1) is 17.1 Å². The van der Waals surface area contributed by atoms with Gasteiger partial charge in [-0.2, -0.15) is 5.26 Å². The normalized spacial score (nSPS) is 10.5. The predicted molar refractivity (Wildman–Crippen MR) is 117 cm³/mol. The predicted octanol–water partition coefficient (Wildman–Crippen LogP) is 3.11. The molecule has 0 saturated carbocycles. The maximum absolute atomic E-state index is 14.5. The van der Waals surface area contributed by atoms with Crippen LogP contribution in [0.4, 0.5) is 10.2 Å². The molecule has 0 radical (unpaired) electrons. The first-order valence-corrected chi connectivity index (χ1v) is 9.81. The number of halogens is 1. The zero-order chi connectivity index (χ0) is 22.5. The van der Waals surface area contributed by atoms with E-state index < -0.39 is 5.82 Å². The van der Waals surface area contributed by atoms with Gasteiger partial charge in [0.05, 0.1) is 16.8 Å². The molecule has 9 heteroatoms. The summed E-state index contributed by atoms with van der Waals surface area (Å²) in [4.78, 5) is 29.0. The second-order valence-electron chi connectivity index (χ2n) is 6.88. The van der Waals surface area contributed by atoms with E-state index in [1.165, 1.54) is 31.7 Å². The van der Waals surface area contributed by atoms with Crippen LogP contribution in [0.1, 0.15) is 21.6 Å². The molecule has 0 bridgehead atoms. The summed E-state index contributed by atoms with van der Waals surface area (Å²) in [6.07, 6.45) is 5.08. The number of hydrogen-bond acceptors (Lipinski definition) is 7. The Morgan fingerprint density at radius 3 is 2.75 bits per heavy atom. The van der Waals surface area contributed by atoms with Crippen molar-refractivity contribution in [2.24, 2.45) is 0 Å². The molecule has 0 unspecified atom stereocenters. The molecule has 32 heavy (non-hydrogen) atoms. The molecule has 0 saturated heterocycles. The van der Waals surface area contributed by atoms with E-state index in [1.807, 2.05) is 6.07 Å². The van der Waals surface area contributed by atoms with Crippen molar-refractivity contribution in [3.8, 4) is 17.3 Å². The van der Waals surface area contributed by atoms with Crippen LogP contribution in [-0.2, 0) is 6.42 Å². The summed E-state index contributed by atoms with van der Waals surface area (Å²) < 4.78 is 14.5. The molecule has 1 amide bonds. The standard InChI is InChI=1S/C23H18FN7O/c1-26-23(32)17-7-9-28-22-14(3-5-18(24)21(17)22)6-8-27-20-10-19(30-13-31-20)15-2-4-16(11-25)29-12-15/h2-5,7,9-10,12-13H,6,8H2,1H3,(H,26,32)(H,27,30,31). The lowest BCUT2D eigenvalue weighted by molar-refractivity contribution is 0.0964. The van der Waals surface area contributed by atoms with Gasteiger partial charge in [0, 0.05) is 43.0 Å². The van der Waals surface area contributed by atoms with Crippen molar-refractivity contribution in [1.29, 1.82) is 5.26 Å². The van der Waals surface area contributed by atoms with Crippen LogP contribution in [0.15, 0.2) is 55.1 Å². The number of anilines is 1. The van der Waals surface area contributed by atoms with E-state index in [0.29, 0.717) is 35.7 Å². The highest BCUT2D eigenvalue weighted by Crippen LogP contribution is 2.24. The minimum absolute atomic E-state index is 0.210. The summed E-state index contributed by atoms with van der Waals surface area (Å²) in [6, 6.07) is 11.7. The number of nitrogens with one attached hydrogen (secondary N) is 2. The lowest BCUT2D eigenvalue weighted by atomic mass is 10.0. The molecule has 0 aliphatic heterocycles. The Hall–Kier alpha value is -4.45. The highest BCUT2D eigenvalue weighted by Gasteiger charge is 2.15. The number of carbonyl (C=O) groups is 1. The smallest absolute Gasteiger partial charge is 0.251 e. The van der Waals surface area contributed by atoms with Crippen LogP contribution in [0.2, 0.25) is 0 Å². The summed E-state index contributed by atoms with van der Waals surface area (Å²) in [5.41, 5.74) is 3.29. The minimum Gasteiger partial charge on any atom is -0.370 e. The molecule has 0 fully saturated rings. The van der Waals surface area contributed by atoms with Crippen molar-refractivity contribution in [2.45, 2.75) is 6.42 Å². The van der Waals surface area contributed by atoms with Crippen LogP contribution in [0.25, 0.3) is 22.2 Å². The fourth-order valence-electron chi connectivity index (χ4n) is 3.36. The molecular weight excluding hydrogens is 409 g/mol. The van der Waals surface area contributed by atoms with Crippen LogP contribution in [0.5, 0.6) is 0 Å². The van der Waals surface area contributed by atoms with Gasteiger partial charge in [-0.3, -0.25) is 9.78 Å². The van der Waals surface area contributed by atoms with Crippen LogP contribution < -0.4 is 10.6 Å². The van der Waals surface area contributed by atoms with E-state index in [9.17, 15) is 9.18 Å². The Kier molecular flexibility index (Phi) is 5.94. The van der Waals surface area contributed by atoms with Crippen molar-refractivity contribution in [3.63, 3.8) is 0 Å². The largest absolute Gasteiger partial charge is 0.370 e. The third-order valence-corrected chi connectivity index (χ3v) is 4.94. The van der Waals surface area contributed by atoms with E-state index in [1.54, 1.807) is 30.5 Å². The molecule has 158 valence electrons. The molecule has 0 spiro atoms. The Bertz CT molecular complexity index is 1330. The van der Waals surface area contributed by atoms with Crippen molar-refractivity contribution >= 4 is 22.6 Å². The van der Waals surface area contributed by atoms with E-state index in [4.69, 9.17) is 5.26 Å². The first-order chi connectivity index (χ1) is 15.6. The third kappa shape index (κ3) is 4.20. The van der Waals surface area contributed by atoms with Crippen LogP contribution in [0.3, 0.4) is 0 Å².